The van der Waals surface area contributed by atoms with Gasteiger partial charge in [0.05, 0.1) is 17.1 Å². The van der Waals surface area contributed by atoms with Crippen molar-refractivity contribution in [3.63, 3.8) is 0 Å². The van der Waals surface area contributed by atoms with E-state index in [-0.39, 0.29) is 23.4 Å². The molecule has 36 heavy (non-hydrogen) atoms. The van der Waals surface area contributed by atoms with E-state index in [1.54, 1.807) is 35.0 Å². The van der Waals surface area contributed by atoms with Crippen LogP contribution in [0.15, 0.2) is 64.0 Å². The standard InChI is InChI=1S/C25H25BrCl2N4O3S/c1-17-23(25(28)32(30-17)15-18-4-8-20(27)9-5-18)12-13-24(33)29-21-3-2-14-31(16-21)36(34,35)22-10-6-19(26)7-11-22/h4-13,21H,2-3,14-16H2,1H3,(H,29,33)/b13-12+. The number of rotatable bonds is 7. The number of amides is 1. The van der Waals surface area contributed by atoms with Gasteiger partial charge in [-0.3, -0.25) is 4.79 Å². The van der Waals surface area contributed by atoms with Gasteiger partial charge in [-0.25, -0.2) is 13.1 Å². The molecule has 1 atom stereocenters. The molecule has 1 fully saturated rings. The molecule has 1 N–H and O–H groups in total. The zero-order chi connectivity index (χ0) is 25.9. The van der Waals surface area contributed by atoms with Crippen LogP contribution in [0, 0.1) is 6.92 Å². The SMILES string of the molecule is Cc1nn(Cc2ccc(Cl)cc2)c(Cl)c1/C=C/C(=O)NC1CCCN(S(=O)(=O)c2ccc(Br)cc2)C1. The number of benzene rings is 2. The smallest absolute Gasteiger partial charge is 0.244 e. The predicted molar refractivity (Wildman–Crippen MR) is 146 cm³/mol. The Labute approximate surface area is 229 Å². The molecule has 1 aliphatic heterocycles. The Morgan fingerprint density at radius 3 is 2.56 bits per heavy atom. The van der Waals surface area contributed by atoms with Crippen molar-refractivity contribution in [2.45, 2.75) is 37.2 Å². The fourth-order valence-electron chi connectivity index (χ4n) is 4.07. The van der Waals surface area contributed by atoms with Crippen molar-refractivity contribution in [1.82, 2.24) is 19.4 Å². The van der Waals surface area contributed by atoms with Gasteiger partial charge in [-0.1, -0.05) is 51.3 Å². The van der Waals surface area contributed by atoms with E-state index in [9.17, 15) is 13.2 Å². The largest absolute Gasteiger partial charge is 0.348 e. The van der Waals surface area contributed by atoms with Crippen LogP contribution >= 0.6 is 39.1 Å². The Balaban J connectivity index is 1.39. The first-order chi connectivity index (χ1) is 17.1. The van der Waals surface area contributed by atoms with Gasteiger partial charge in [0.1, 0.15) is 5.15 Å². The molecule has 7 nitrogen and oxygen atoms in total. The molecule has 0 aliphatic carbocycles. The number of hydrogen-bond donors (Lipinski definition) is 1. The second kappa shape index (κ2) is 11.5. The summed E-state index contributed by atoms with van der Waals surface area (Å²) in [5.74, 6) is -0.316. The molecule has 0 bridgehead atoms. The van der Waals surface area contributed by atoms with Crippen molar-refractivity contribution in [1.29, 1.82) is 0 Å². The Morgan fingerprint density at radius 1 is 1.17 bits per heavy atom. The maximum absolute atomic E-state index is 13.0. The summed E-state index contributed by atoms with van der Waals surface area (Å²) in [5.41, 5.74) is 2.35. The number of aromatic nitrogens is 2. The number of nitrogens with zero attached hydrogens (tertiary/aromatic N) is 3. The molecule has 11 heteroatoms. The maximum Gasteiger partial charge on any atom is 0.244 e. The second-order valence-electron chi connectivity index (χ2n) is 8.57. The lowest BCUT2D eigenvalue weighted by molar-refractivity contribution is -0.117. The highest BCUT2D eigenvalue weighted by atomic mass is 79.9. The molecule has 1 aromatic heterocycles. The number of piperidine rings is 1. The van der Waals surface area contributed by atoms with Crippen LogP contribution in [0.4, 0.5) is 0 Å². The first-order valence-electron chi connectivity index (χ1n) is 11.3. The van der Waals surface area contributed by atoms with Gasteiger partial charge in [0.2, 0.25) is 15.9 Å². The number of sulfonamides is 1. The summed E-state index contributed by atoms with van der Waals surface area (Å²) in [6, 6.07) is 13.7. The molecule has 1 unspecified atom stereocenters. The van der Waals surface area contributed by atoms with Gasteiger partial charge < -0.3 is 5.32 Å². The number of carbonyl (C=O) groups is 1. The average molecular weight is 612 g/mol. The molecule has 0 saturated carbocycles. The van der Waals surface area contributed by atoms with E-state index in [1.165, 1.54) is 10.4 Å². The highest BCUT2D eigenvalue weighted by molar-refractivity contribution is 9.10. The van der Waals surface area contributed by atoms with Crippen LogP contribution < -0.4 is 5.32 Å². The summed E-state index contributed by atoms with van der Waals surface area (Å²) in [5, 5.41) is 8.49. The van der Waals surface area contributed by atoms with Gasteiger partial charge in [-0.15, -0.1) is 0 Å². The lowest BCUT2D eigenvalue weighted by Crippen LogP contribution is -2.49. The van der Waals surface area contributed by atoms with Crippen molar-refractivity contribution in [2.24, 2.45) is 0 Å². The zero-order valence-electron chi connectivity index (χ0n) is 19.5. The monoisotopic (exact) mass is 610 g/mol. The average Bonchev–Trinajstić information content (AvgIpc) is 3.11. The Kier molecular flexibility index (Phi) is 8.57. The lowest BCUT2D eigenvalue weighted by Gasteiger charge is -2.32. The van der Waals surface area contributed by atoms with Crippen LogP contribution in [0.5, 0.6) is 0 Å². The number of hydrogen-bond acceptors (Lipinski definition) is 4. The van der Waals surface area contributed by atoms with E-state index >= 15 is 0 Å². The van der Waals surface area contributed by atoms with E-state index < -0.39 is 10.0 Å². The van der Waals surface area contributed by atoms with Gasteiger partial charge in [0, 0.05) is 40.3 Å². The molecule has 1 aliphatic rings. The van der Waals surface area contributed by atoms with Crippen molar-refractivity contribution in [3.8, 4) is 0 Å². The summed E-state index contributed by atoms with van der Waals surface area (Å²) < 4.78 is 29.9. The van der Waals surface area contributed by atoms with E-state index in [4.69, 9.17) is 23.2 Å². The van der Waals surface area contributed by atoms with Gasteiger partial charge >= 0.3 is 0 Å². The summed E-state index contributed by atoms with van der Waals surface area (Å²) in [7, 11) is -3.63. The van der Waals surface area contributed by atoms with Crippen LogP contribution in [0.1, 0.15) is 29.7 Å². The number of halogens is 3. The van der Waals surface area contributed by atoms with Gasteiger partial charge in [-0.2, -0.15) is 9.40 Å². The third kappa shape index (κ3) is 6.39. The molecule has 0 radical (unpaired) electrons. The van der Waals surface area contributed by atoms with Crippen LogP contribution in [-0.4, -0.2) is 47.5 Å². The van der Waals surface area contributed by atoms with E-state index in [0.29, 0.717) is 47.4 Å². The van der Waals surface area contributed by atoms with Crippen molar-refractivity contribution >= 4 is 61.1 Å². The van der Waals surface area contributed by atoms with Crippen LogP contribution in [-0.2, 0) is 21.4 Å². The number of nitrogens with one attached hydrogen (secondary N) is 1. The fourth-order valence-corrected chi connectivity index (χ4v) is 6.28. The van der Waals surface area contributed by atoms with Crippen LogP contribution in [0.3, 0.4) is 0 Å². The van der Waals surface area contributed by atoms with Crippen LogP contribution in [0.25, 0.3) is 6.08 Å². The van der Waals surface area contributed by atoms with E-state index in [0.717, 1.165) is 10.0 Å². The number of carbonyl (C=O) groups excluding carboxylic acids is 1. The molecule has 4 rings (SSSR count). The minimum Gasteiger partial charge on any atom is -0.348 e. The molecular weight excluding hydrogens is 587 g/mol. The highest BCUT2D eigenvalue weighted by Crippen LogP contribution is 2.24. The summed E-state index contributed by atoms with van der Waals surface area (Å²) in [6.45, 7) is 2.94. The maximum atomic E-state index is 13.0. The van der Waals surface area contributed by atoms with Gasteiger partial charge in [0.15, 0.2) is 0 Å². The molecule has 1 saturated heterocycles. The summed E-state index contributed by atoms with van der Waals surface area (Å²) >= 11 is 15.8. The lowest BCUT2D eigenvalue weighted by atomic mass is 10.1. The first kappa shape index (κ1) is 26.9. The molecule has 2 heterocycles. The fraction of sp³-hybridized carbons (Fsp3) is 0.280. The Morgan fingerprint density at radius 2 is 1.86 bits per heavy atom. The normalized spacial score (nSPS) is 16.9. The van der Waals surface area contributed by atoms with Gasteiger partial charge in [-0.05, 0) is 67.8 Å². The minimum absolute atomic E-state index is 0.219. The predicted octanol–water partition coefficient (Wildman–Crippen LogP) is 5.29. The minimum atomic E-state index is -3.63. The highest BCUT2D eigenvalue weighted by Gasteiger charge is 2.30. The molecule has 3 aromatic rings. The van der Waals surface area contributed by atoms with E-state index in [1.807, 2.05) is 31.2 Å². The number of aryl methyl sites for hydroxylation is 1. The van der Waals surface area contributed by atoms with Crippen LogP contribution in [0.2, 0.25) is 10.2 Å². The van der Waals surface area contributed by atoms with Crippen molar-refractivity contribution in [3.05, 3.63) is 86.1 Å². The Hall–Kier alpha value is -2.17. The molecule has 0 spiro atoms. The first-order valence-corrected chi connectivity index (χ1v) is 14.3. The van der Waals surface area contributed by atoms with Crippen molar-refractivity contribution < 1.29 is 13.2 Å². The second-order valence-corrected chi connectivity index (χ2v) is 12.2. The molecular formula is C25H25BrCl2N4O3S. The van der Waals surface area contributed by atoms with Gasteiger partial charge in [0.25, 0.3) is 0 Å². The summed E-state index contributed by atoms with van der Waals surface area (Å²) in [4.78, 5) is 12.9. The quantitative estimate of drug-likeness (QED) is 0.368. The zero-order valence-corrected chi connectivity index (χ0v) is 23.4. The third-order valence-electron chi connectivity index (χ3n) is 5.94. The molecule has 2 aromatic carbocycles. The molecule has 190 valence electrons. The third-order valence-corrected chi connectivity index (χ3v) is 9.00. The van der Waals surface area contributed by atoms with E-state index in [2.05, 4.69) is 26.3 Å². The Bertz CT molecular complexity index is 1370. The van der Waals surface area contributed by atoms with Crippen molar-refractivity contribution in [2.75, 3.05) is 13.1 Å². The topological polar surface area (TPSA) is 84.3 Å². The molecule has 1 amide bonds. The summed E-state index contributed by atoms with van der Waals surface area (Å²) in [6.07, 6.45) is 4.40.